The highest BCUT2D eigenvalue weighted by Crippen LogP contribution is 2.09. The lowest BCUT2D eigenvalue weighted by molar-refractivity contribution is 0.208. The van der Waals surface area contributed by atoms with Gasteiger partial charge in [0.05, 0.1) is 6.10 Å². The van der Waals surface area contributed by atoms with E-state index in [9.17, 15) is 5.11 Å². The molecule has 0 saturated heterocycles. The zero-order chi connectivity index (χ0) is 11.6. The number of unbranched alkanes of at least 4 members (excludes halogenated alkanes) is 2. The summed E-state index contributed by atoms with van der Waals surface area (Å²) in [4.78, 5) is 0. The van der Waals surface area contributed by atoms with Crippen LogP contribution < -0.4 is 0 Å². The molecular weight excluding hydrogens is 196 g/mol. The predicted molar refractivity (Wildman–Crippen MR) is 69.4 cm³/mol. The monoisotopic (exact) mass is 218 g/mol. The van der Waals surface area contributed by atoms with E-state index in [1.165, 1.54) is 18.4 Å². The van der Waals surface area contributed by atoms with Gasteiger partial charge in [-0.15, -0.1) is 0 Å². The Labute approximate surface area is 98.8 Å². The Hall–Kier alpha value is -1.08. The summed E-state index contributed by atoms with van der Waals surface area (Å²) >= 11 is 0. The minimum absolute atomic E-state index is 0.248. The molecule has 0 heterocycles. The average molecular weight is 218 g/mol. The second kappa shape index (κ2) is 8.12. The van der Waals surface area contributed by atoms with Gasteiger partial charge >= 0.3 is 0 Å². The second-order valence-corrected chi connectivity index (χ2v) is 4.18. The number of hydrogen-bond acceptors (Lipinski definition) is 1. The van der Waals surface area contributed by atoms with E-state index in [1.54, 1.807) is 0 Å². The van der Waals surface area contributed by atoms with Crippen LogP contribution >= 0.6 is 0 Å². The fourth-order valence-corrected chi connectivity index (χ4v) is 1.82. The molecule has 0 aromatic heterocycles. The molecule has 0 saturated carbocycles. The molecule has 0 unspecified atom stereocenters. The van der Waals surface area contributed by atoms with Gasteiger partial charge in [0.25, 0.3) is 0 Å². The van der Waals surface area contributed by atoms with Crippen molar-refractivity contribution in [1.29, 1.82) is 0 Å². The van der Waals surface area contributed by atoms with Gasteiger partial charge in [-0.1, -0.05) is 55.3 Å². The number of aliphatic hydroxyl groups excluding tert-OH is 1. The number of rotatable bonds is 7. The number of aryl methyl sites for hydroxylation is 1. The van der Waals surface area contributed by atoms with Crippen molar-refractivity contribution >= 4 is 0 Å². The molecule has 0 fully saturated rings. The number of hydrogen-bond donors (Lipinski definition) is 1. The average Bonchev–Trinajstić information content (AvgIpc) is 2.30. The van der Waals surface area contributed by atoms with Crippen molar-refractivity contribution < 1.29 is 5.11 Å². The van der Waals surface area contributed by atoms with Gasteiger partial charge in [-0.3, -0.25) is 0 Å². The molecule has 0 aliphatic carbocycles. The number of allylic oxidation sites excluding steroid dienone is 1. The van der Waals surface area contributed by atoms with Gasteiger partial charge < -0.3 is 5.11 Å². The predicted octanol–water partition coefficient (Wildman–Crippen LogP) is 3.73. The zero-order valence-electron chi connectivity index (χ0n) is 10.1. The molecule has 1 N–H and O–H groups in total. The summed E-state index contributed by atoms with van der Waals surface area (Å²) in [5.41, 5.74) is 1.41. The molecule has 1 aromatic carbocycles. The van der Waals surface area contributed by atoms with Crippen molar-refractivity contribution in [2.75, 3.05) is 0 Å². The van der Waals surface area contributed by atoms with E-state index in [2.05, 4.69) is 30.3 Å². The molecule has 0 aliphatic rings. The van der Waals surface area contributed by atoms with E-state index in [0.717, 1.165) is 19.3 Å². The van der Waals surface area contributed by atoms with Gasteiger partial charge in [0.2, 0.25) is 0 Å². The van der Waals surface area contributed by atoms with Crippen LogP contribution in [0.5, 0.6) is 0 Å². The first-order valence-corrected chi connectivity index (χ1v) is 6.17. The summed E-state index contributed by atoms with van der Waals surface area (Å²) in [6, 6.07) is 10.6. The van der Waals surface area contributed by atoms with Gasteiger partial charge in [-0.05, 0) is 31.7 Å². The Balaban J connectivity index is 2.04. The Bertz CT molecular complexity index is 290. The molecule has 0 bridgehead atoms. The minimum atomic E-state index is -0.248. The molecule has 16 heavy (non-hydrogen) atoms. The standard InChI is InChI=1S/C15H22O/c1-2-9-15(16)13-8-4-7-12-14-10-5-3-6-11-14/h2-3,5-6,9-11,15-16H,4,7-8,12-13H2,1H3/t15-/m1/s1. The molecule has 1 nitrogen and oxygen atoms in total. The normalized spacial score (nSPS) is 13.1. The fraction of sp³-hybridized carbons (Fsp3) is 0.467. The lowest BCUT2D eigenvalue weighted by atomic mass is 10.0. The second-order valence-electron chi connectivity index (χ2n) is 4.18. The maximum Gasteiger partial charge on any atom is 0.0720 e. The van der Waals surface area contributed by atoms with Crippen molar-refractivity contribution in [2.45, 2.75) is 45.1 Å². The highest BCUT2D eigenvalue weighted by molar-refractivity contribution is 5.14. The molecule has 1 aromatic rings. The summed E-state index contributed by atoms with van der Waals surface area (Å²) in [6.45, 7) is 1.94. The Morgan fingerprint density at radius 1 is 1.12 bits per heavy atom. The SMILES string of the molecule is CC=C[C@@H](O)CCCCCc1ccccc1. The quantitative estimate of drug-likeness (QED) is 0.546. The smallest absolute Gasteiger partial charge is 0.0720 e. The van der Waals surface area contributed by atoms with Crippen LogP contribution in [0.1, 0.15) is 38.2 Å². The van der Waals surface area contributed by atoms with Gasteiger partial charge in [0.15, 0.2) is 0 Å². The van der Waals surface area contributed by atoms with Crippen LogP contribution in [0, 0.1) is 0 Å². The third kappa shape index (κ3) is 5.72. The third-order valence-electron chi connectivity index (χ3n) is 2.72. The van der Waals surface area contributed by atoms with Crippen molar-refractivity contribution in [3.05, 3.63) is 48.0 Å². The van der Waals surface area contributed by atoms with Crippen molar-refractivity contribution in [3.63, 3.8) is 0 Å². The first-order valence-electron chi connectivity index (χ1n) is 6.17. The number of aliphatic hydroxyl groups is 1. The van der Waals surface area contributed by atoms with Crippen LogP contribution in [0.3, 0.4) is 0 Å². The van der Waals surface area contributed by atoms with E-state index in [0.29, 0.717) is 0 Å². The topological polar surface area (TPSA) is 20.2 Å². The molecule has 1 heteroatoms. The molecular formula is C15H22O. The van der Waals surface area contributed by atoms with E-state index >= 15 is 0 Å². The highest BCUT2D eigenvalue weighted by Gasteiger charge is 1.98. The zero-order valence-corrected chi connectivity index (χ0v) is 10.1. The van der Waals surface area contributed by atoms with Gasteiger partial charge in [-0.25, -0.2) is 0 Å². The van der Waals surface area contributed by atoms with Crippen LogP contribution in [-0.4, -0.2) is 11.2 Å². The lowest BCUT2D eigenvalue weighted by Gasteiger charge is -2.05. The van der Waals surface area contributed by atoms with E-state index in [1.807, 2.05) is 19.1 Å². The molecule has 0 spiro atoms. The molecule has 1 atom stereocenters. The first-order chi connectivity index (χ1) is 7.83. The lowest BCUT2D eigenvalue weighted by Crippen LogP contribution is -2.01. The molecule has 0 aliphatic heterocycles. The summed E-state index contributed by atoms with van der Waals surface area (Å²) in [5.74, 6) is 0. The Kier molecular flexibility index (Phi) is 6.59. The maximum absolute atomic E-state index is 9.48. The van der Waals surface area contributed by atoms with Gasteiger partial charge in [0.1, 0.15) is 0 Å². The van der Waals surface area contributed by atoms with Crippen LogP contribution in [0.4, 0.5) is 0 Å². The van der Waals surface area contributed by atoms with Crippen LogP contribution in [0.2, 0.25) is 0 Å². The molecule has 0 amide bonds. The molecule has 88 valence electrons. The van der Waals surface area contributed by atoms with Crippen molar-refractivity contribution in [3.8, 4) is 0 Å². The summed E-state index contributed by atoms with van der Waals surface area (Å²) in [5, 5.41) is 9.48. The van der Waals surface area contributed by atoms with E-state index < -0.39 is 0 Å². The molecule has 1 rings (SSSR count). The summed E-state index contributed by atoms with van der Waals surface area (Å²) in [6.07, 6.45) is 9.08. The Morgan fingerprint density at radius 2 is 1.88 bits per heavy atom. The van der Waals surface area contributed by atoms with Gasteiger partial charge in [-0.2, -0.15) is 0 Å². The third-order valence-corrected chi connectivity index (χ3v) is 2.72. The van der Waals surface area contributed by atoms with Crippen LogP contribution in [0.25, 0.3) is 0 Å². The largest absolute Gasteiger partial charge is 0.389 e. The van der Waals surface area contributed by atoms with Gasteiger partial charge in [0, 0.05) is 0 Å². The van der Waals surface area contributed by atoms with Crippen LogP contribution in [0.15, 0.2) is 42.5 Å². The van der Waals surface area contributed by atoms with E-state index in [-0.39, 0.29) is 6.10 Å². The maximum atomic E-state index is 9.48. The van der Waals surface area contributed by atoms with Crippen LogP contribution in [-0.2, 0) is 6.42 Å². The van der Waals surface area contributed by atoms with Crippen molar-refractivity contribution in [2.24, 2.45) is 0 Å². The highest BCUT2D eigenvalue weighted by atomic mass is 16.3. The minimum Gasteiger partial charge on any atom is -0.389 e. The Morgan fingerprint density at radius 3 is 2.56 bits per heavy atom. The number of benzene rings is 1. The summed E-state index contributed by atoms with van der Waals surface area (Å²) < 4.78 is 0. The fourth-order valence-electron chi connectivity index (χ4n) is 1.82. The molecule has 0 radical (unpaired) electrons. The van der Waals surface area contributed by atoms with Crippen molar-refractivity contribution in [1.82, 2.24) is 0 Å². The van der Waals surface area contributed by atoms with E-state index in [4.69, 9.17) is 0 Å². The first kappa shape index (κ1) is 13.0. The summed E-state index contributed by atoms with van der Waals surface area (Å²) in [7, 11) is 0.